The molecule has 0 unspecified atom stereocenters. The van der Waals surface area contributed by atoms with Crippen LogP contribution in [-0.2, 0) is 6.54 Å². The number of carboxylic acid groups (broad SMARTS) is 1. The topological polar surface area (TPSA) is 109 Å². The molecule has 2 aromatic rings. The molecule has 0 bridgehead atoms. The summed E-state index contributed by atoms with van der Waals surface area (Å²) in [5.41, 5.74) is 0.347. The molecule has 0 aliphatic heterocycles. The van der Waals surface area contributed by atoms with Crippen LogP contribution in [0.5, 0.6) is 0 Å². The first-order valence-corrected chi connectivity index (χ1v) is 5.97. The minimum Gasteiger partial charge on any atom is -0.478 e. The third-order valence-electron chi connectivity index (χ3n) is 2.82. The van der Waals surface area contributed by atoms with Crippen LogP contribution in [0, 0.1) is 10.1 Å². The van der Waals surface area contributed by atoms with Crippen LogP contribution >= 0.6 is 0 Å². The van der Waals surface area contributed by atoms with Gasteiger partial charge in [0.05, 0.1) is 10.5 Å². The highest BCUT2D eigenvalue weighted by Crippen LogP contribution is 2.26. The van der Waals surface area contributed by atoms with Crippen molar-refractivity contribution in [3.63, 3.8) is 0 Å². The molecule has 21 heavy (non-hydrogen) atoms. The summed E-state index contributed by atoms with van der Waals surface area (Å²) >= 11 is 0. The Morgan fingerprint density at radius 2 is 2.10 bits per heavy atom. The Balaban J connectivity index is 2.34. The van der Waals surface area contributed by atoms with E-state index in [-0.39, 0.29) is 17.1 Å². The van der Waals surface area contributed by atoms with Gasteiger partial charge in [-0.3, -0.25) is 15.1 Å². The normalized spacial score (nSPS) is 10.1. The molecule has 0 saturated carbocycles. The van der Waals surface area contributed by atoms with Gasteiger partial charge in [-0.05, 0) is 17.7 Å². The third kappa shape index (κ3) is 3.30. The van der Waals surface area contributed by atoms with Gasteiger partial charge in [-0.2, -0.15) is 0 Å². The molecule has 0 aliphatic carbocycles. The SMILES string of the molecule is CN(Cc1ccncc1)c1ncc(C(=O)O)cc1[N+](=O)[O-]. The maximum Gasteiger partial charge on any atom is 0.337 e. The molecule has 0 fully saturated rings. The highest BCUT2D eigenvalue weighted by atomic mass is 16.6. The second-order valence-electron chi connectivity index (χ2n) is 4.34. The predicted octanol–water partition coefficient (Wildman–Crippen LogP) is 1.72. The molecule has 0 radical (unpaired) electrons. The van der Waals surface area contributed by atoms with Crippen molar-refractivity contribution in [2.24, 2.45) is 0 Å². The van der Waals surface area contributed by atoms with E-state index in [0.717, 1.165) is 17.8 Å². The summed E-state index contributed by atoms with van der Waals surface area (Å²) in [5, 5.41) is 20.0. The van der Waals surface area contributed by atoms with E-state index in [9.17, 15) is 14.9 Å². The number of aromatic carboxylic acids is 1. The van der Waals surface area contributed by atoms with E-state index in [0.29, 0.717) is 6.54 Å². The Bertz CT molecular complexity index is 675. The molecule has 2 aromatic heterocycles. The van der Waals surface area contributed by atoms with E-state index in [1.165, 1.54) is 0 Å². The first-order valence-electron chi connectivity index (χ1n) is 5.97. The number of hydrogen-bond acceptors (Lipinski definition) is 6. The van der Waals surface area contributed by atoms with Gasteiger partial charge >= 0.3 is 11.7 Å². The van der Waals surface area contributed by atoms with Crippen LogP contribution in [0.15, 0.2) is 36.8 Å². The van der Waals surface area contributed by atoms with Gasteiger partial charge in [0.2, 0.25) is 5.82 Å². The predicted molar refractivity (Wildman–Crippen MR) is 74.2 cm³/mol. The third-order valence-corrected chi connectivity index (χ3v) is 2.82. The number of anilines is 1. The van der Waals surface area contributed by atoms with Crippen LogP contribution in [0.1, 0.15) is 15.9 Å². The number of rotatable bonds is 5. The quantitative estimate of drug-likeness (QED) is 0.658. The zero-order chi connectivity index (χ0) is 15.4. The number of hydrogen-bond donors (Lipinski definition) is 1. The smallest absolute Gasteiger partial charge is 0.337 e. The van der Waals surface area contributed by atoms with Crippen molar-refractivity contribution in [2.45, 2.75) is 6.54 Å². The molecule has 0 spiro atoms. The van der Waals surface area contributed by atoms with Crippen molar-refractivity contribution in [1.82, 2.24) is 9.97 Å². The number of pyridine rings is 2. The van der Waals surface area contributed by atoms with Gasteiger partial charge in [0.25, 0.3) is 0 Å². The van der Waals surface area contributed by atoms with Crippen LogP contribution < -0.4 is 4.90 Å². The van der Waals surface area contributed by atoms with Crippen LogP contribution in [-0.4, -0.2) is 33.0 Å². The second kappa shape index (κ2) is 5.95. The maximum absolute atomic E-state index is 11.1. The number of carboxylic acids is 1. The minimum atomic E-state index is -1.26. The van der Waals surface area contributed by atoms with Crippen molar-refractivity contribution >= 4 is 17.5 Å². The molecule has 0 saturated heterocycles. The summed E-state index contributed by atoms with van der Waals surface area (Å²) in [6.45, 7) is 0.392. The van der Waals surface area contributed by atoms with E-state index in [1.54, 1.807) is 36.5 Å². The average molecular weight is 288 g/mol. The van der Waals surface area contributed by atoms with Crippen molar-refractivity contribution < 1.29 is 14.8 Å². The summed E-state index contributed by atoms with van der Waals surface area (Å²) in [7, 11) is 1.65. The summed E-state index contributed by atoms with van der Waals surface area (Å²) in [6.07, 6.45) is 4.35. The molecule has 2 rings (SSSR count). The van der Waals surface area contributed by atoms with E-state index < -0.39 is 10.9 Å². The molecular weight excluding hydrogens is 276 g/mol. The maximum atomic E-state index is 11.1. The van der Waals surface area contributed by atoms with Crippen molar-refractivity contribution in [2.75, 3.05) is 11.9 Å². The lowest BCUT2D eigenvalue weighted by molar-refractivity contribution is -0.384. The van der Waals surface area contributed by atoms with Crippen molar-refractivity contribution in [3.8, 4) is 0 Å². The highest BCUT2D eigenvalue weighted by Gasteiger charge is 2.21. The zero-order valence-corrected chi connectivity index (χ0v) is 11.1. The van der Waals surface area contributed by atoms with E-state index >= 15 is 0 Å². The van der Waals surface area contributed by atoms with Crippen LogP contribution in [0.25, 0.3) is 0 Å². The van der Waals surface area contributed by atoms with Crippen molar-refractivity contribution in [3.05, 3.63) is 58.0 Å². The van der Waals surface area contributed by atoms with Crippen molar-refractivity contribution in [1.29, 1.82) is 0 Å². The molecule has 2 heterocycles. The minimum absolute atomic E-state index is 0.113. The van der Waals surface area contributed by atoms with Gasteiger partial charge in [-0.1, -0.05) is 0 Å². The Hall–Kier alpha value is -3.03. The Kier molecular flexibility index (Phi) is 4.07. The summed E-state index contributed by atoms with van der Waals surface area (Å²) in [6, 6.07) is 4.58. The lowest BCUT2D eigenvalue weighted by Gasteiger charge is -2.18. The fourth-order valence-electron chi connectivity index (χ4n) is 1.83. The first-order chi connectivity index (χ1) is 9.99. The van der Waals surface area contributed by atoms with Gasteiger partial charge in [-0.15, -0.1) is 0 Å². The van der Waals surface area contributed by atoms with Gasteiger partial charge in [-0.25, -0.2) is 9.78 Å². The van der Waals surface area contributed by atoms with E-state index in [4.69, 9.17) is 5.11 Å². The number of nitrogens with zero attached hydrogens (tertiary/aromatic N) is 4. The van der Waals surface area contributed by atoms with Gasteiger partial charge < -0.3 is 10.0 Å². The van der Waals surface area contributed by atoms with Gasteiger partial charge in [0, 0.05) is 38.2 Å². The van der Waals surface area contributed by atoms with Crippen LogP contribution in [0.2, 0.25) is 0 Å². The number of carbonyl (C=O) groups is 1. The molecule has 108 valence electrons. The monoisotopic (exact) mass is 288 g/mol. The number of aromatic nitrogens is 2. The standard InChI is InChI=1S/C13H12N4O4/c1-16(8-9-2-4-14-5-3-9)12-11(17(20)21)6-10(7-15-12)13(18)19/h2-7H,8H2,1H3,(H,18,19). The zero-order valence-electron chi connectivity index (χ0n) is 11.1. The fourth-order valence-corrected chi connectivity index (χ4v) is 1.83. The highest BCUT2D eigenvalue weighted by molar-refractivity contribution is 5.88. The Morgan fingerprint density at radius 1 is 1.43 bits per heavy atom. The lowest BCUT2D eigenvalue weighted by atomic mass is 10.2. The molecule has 1 N–H and O–H groups in total. The van der Waals surface area contributed by atoms with Gasteiger partial charge in [0.1, 0.15) is 0 Å². The molecule has 8 heteroatoms. The lowest BCUT2D eigenvalue weighted by Crippen LogP contribution is -2.19. The first kappa shape index (κ1) is 14.4. The molecule has 0 amide bonds. The Morgan fingerprint density at radius 3 is 2.67 bits per heavy atom. The largest absolute Gasteiger partial charge is 0.478 e. The number of nitro groups is 1. The summed E-state index contributed by atoms with van der Waals surface area (Å²) in [4.78, 5) is 30.7. The molecule has 0 atom stereocenters. The van der Waals surface area contributed by atoms with Crippen LogP contribution in [0.4, 0.5) is 11.5 Å². The van der Waals surface area contributed by atoms with E-state index in [1.807, 2.05) is 0 Å². The average Bonchev–Trinajstić information content (AvgIpc) is 2.47. The summed E-state index contributed by atoms with van der Waals surface area (Å²) in [5.74, 6) is -1.14. The second-order valence-corrected chi connectivity index (χ2v) is 4.34. The molecule has 8 nitrogen and oxygen atoms in total. The molecule has 0 aliphatic rings. The summed E-state index contributed by atoms with van der Waals surface area (Å²) < 4.78 is 0. The molecular formula is C13H12N4O4. The fraction of sp³-hybridized carbons (Fsp3) is 0.154. The Labute approximate surface area is 119 Å². The molecule has 0 aromatic carbocycles. The van der Waals surface area contributed by atoms with Crippen LogP contribution in [0.3, 0.4) is 0 Å². The van der Waals surface area contributed by atoms with Gasteiger partial charge in [0.15, 0.2) is 0 Å². The van der Waals surface area contributed by atoms with E-state index in [2.05, 4.69) is 9.97 Å².